The Balaban J connectivity index is 2.62. The molecule has 5 heteroatoms. The fraction of sp³-hybridized carbons (Fsp3) is 0.200. The number of aryl methyl sites for hydroxylation is 1. The molecular formula is C10H10O5. The number of Topliss-reactive ketones (excluding diaryl/α,β-unsaturated/α-hetero) is 1. The number of carbonyl (C=O) groups excluding carboxylic acids is 1. The van der Waals surface area contributed by atoms with Crippen LogP contribution >= 0.6 is 0 Å². The molecule has 0 bridgehead atoms. The Labute approximate surface area is 85.6 Å². The Morgan fingerprint density at radius 3 is 2.33 bits per heavy atom. The molecule has 0 amide bonds. The Kier molecular flexibility index (Phi) is 3.28. The number of benzene rings is 1. The zero-order valence-electron chi connectivity index (χ0n) is 7.80. The lowest BCUT2D eigenvalue weighted by atomic mass is 10.1. The van der Waals surface area contributed by atoms with Gasteiger partial charge in [0.05, 0.1) is 0 Å². The molecule has 0 unspecified atom stereocenters. The lowest BCUT2D eigenvalue weighted by molar-refractivity contribution is -0.149. The molecule has 0 atom stereocenters. The number of aliphatic carboxylic acids is 1. The molecule has 1 aromatic rings. The number of phenols is 2. The van der Waals surface area contributed by atoms with Gasteiger partial charge in [0, 0.05) is 6.42 Å². The molecule has 0 saturated heterocycles. The molecule has 0 aromatic heterocycles. The largest absolute Gasteiger partial charge is 0.504 e. The zero-order chi connectivity index (χ0) is 11.4. The predicted molar refractivity (Wildman–Crippen MR) is 50.7 cm³/mol. The highest BCUT2D eigenvalue weighted by Crippen LogP contribution is 2.25. The Hall–Kier alpha value is -2.04. The van der Waals surface area contributed by atoms with Crippen molar-refractivity contribution in [2.24, 2.45) is 0 Å². The highest BCUT2D eigenvalue weighted by atomic mass is 16.4. The van der Waals surface area contributed by atoms with Gasteiger partial charge in [-0.3, -0.25) is 4.79 Å². The molecule has 0 fully saturated rings. The minimum atomic E-state index is -1.46. The van der Waals surface area contributed by atoms with Gasteiger partial charge < -0.3 is 15.3 Å². The standard InChI is InChI=1S/C10H10O5/c11-7-3-1-6(5-9(7)13)2-4-8(12)10(14)15/h1,3,5,11,13H,2,4H2,(H,14,15). The number of carboxylic acids is 1. The summed E-state index contributed by atoms with van der Waals surface area (Å²) in [5.41, 5.74) is 0.597. The summed E-state index contributed by atoms with van der Waals surface area (Å²) >= 11 is 0. The van der Waals surface area contributed by atoms with Crippen molar-refractivity contribution in [1.82, 2.24) is 0 Å². The van der Waals surface area contributed by atoms with Crippen LogP contribution in [0.25, 0.3) is 0 Å². The van der Waals surface area contributed by atoms with E-state index in [1.54, 1.807) is 0 Å². The van der Waals surface area contributed by atoms with Crippen molar-refractivity contribution in [1.29, 1.82) is 0 Å². The SMILES string of the molecule is O=C(O)C(=O)CCc1ccc(O)c(O)c1. The molecule has 0 spiro atoms. The quantitative estimate of drug-likeness (QED) is 0.502. The topological polar surface area (TPSA) is 94.8 Å². The van der Waals surface area contributed by atoms with Crippen LogP contribution in [0.2, 0.25) is 0 Å². The number of rotatable bonds is 4. The fourth-order valence-electron chi connectivity index (χ4n) is 1.09. The van der Waals surface area contributed by atoms with Gasteiger partial charge in [0.25, 0.3) is 0 Å². The van der Waals surface area contributed by atoms with E-state index in [9.17, 15) is 9.59 Å². The molecule has 0 heterocycles. The first-order chi connectivity index (χ1) is 7.00. The van der Waals surface area contributed by atoms with Gasteiger partial charge in [-0.1, -0.05) is 6.07 Å². The Bertz CT molecular complexity index is 397. The van der Waals surface area contributed by atoms with Crippen molar-refractivity contribution in [2.75, 3.05) is 0 Å². The van der Waals surface area contributed by atoms with Crippen LogP contribution in [0, 0.1) is 0 Å². The maximum absolute atomic E-state index is 10.8. The van der Waals surface area contributed by atoms with E-state index in [4.69, 9.17) is 15.3 Å². The third kappa shape index (κ3) is 2.98. The summed E-state index contributed by atoms with van der Waals surface area (Å²) in [6.07, 6.45) is 0.0958. The van der Waals surface area contributed by atoms with Crippen molar-refractivity contribution < 1.29 is 24.9 Å². The van der Waals surface area contributed by atoms with E-state index in [0.29, 0.717) is 5.56 Å². The number of aromatic hydroxyl groups is 2. The molecule has 3 N–H and O–H groups in total. The monoisotopic (exact) mass is 210 g/mol. The third-order valence-corrected chi connectivity index (χ3v) is 1.92. The van der Waals surface area contributed by atoms with E-state index in [-0.39, 0.29) is 24.3 Å². The van der Waals surface area contributed by atoms with Crippen LogP contribution in [-0.4, -0.2) is 27.1 Å². The second kappa shape index (κ2) is 4.45. The van der Waals surface area contributed by atoms with Crippen LogP contribution in [0.4, 0.5) is 0 Å². The number of carboxylic acid groups (broad SMARTS) is 1. The highest BCUT2D eigenvalue weighted by Gasteiger charge is 2.11. The van der Waals surface area contributed by atoms with Crippen LogP contribution in [-0.2, 0) is 16.0 Å². The first-order valence-electron chi connectivity index (χ1n) is 4.27. The summed E-state index contributed by atoms with van der Waals surface area (Å²) in [6, 6.07) is 4.10. The van der Waals surface area contributed by atoms with Crippen LogP contribution in [0.3, 0.4) is 0 Å². The average Bonchev–Trinajstić information content (AvgIpc) is 2.19. The second-order valence-electron chi connectivity index (χ2n) is 3.05. The predicted octanol–water partition coefficient (Wildman–Crippen LogP) is 0.684. The Morgan fingerprint density at radius 2 is 1.80 bits per heavy atom. The summed E-state index contributed by atoms with van der Waals surface area (Å²) in [6.45, 7) is 0. The lowest BCUT2D eigenvalue weighted by Gasteiger charge is -2.01. The molecule has 0 saturated carbocycles. The summed E-state index contributed by atoms with van der Waals surface area (Å²) in [7, 11) is 0. The van der Waals surface area contributed by atoms with Crippen molar-refractivity contribution in [3.05, 3.63) is 23.8 Å². The summed E-state index contributed by atoms with van der Waals surface area (Å²) in [5, 5.41) is 26.4. The van der Waals surface area contributed by atoms with Crippen LogP contribution in [0.15, 0.2) is 18.2 Å². The maximum atomic E-state index is 10.8. The van der Waals surface area contributed by atoms with Gasteiger partial charge in [0.15, 0.2) is 11.5 Å². The number of hydrogen-bond acceptors (Lipinski definition) is 4. The average molecular weight is 210 g/mol. The first-order valence-corrected chi connectivity index (χ1v) is 4.27. The summed E-state index contributed by atoms with van der Waals surface area (Å²) < 4.78 is 0. The fourth-order valence-corrected chi connectivity index (χ4v) is 1.09. The van der Waals surface area contributed by atoms with E-state index in [1.807, 2.05) is 0 Å². The van der Waals surface area contributed by atoms with Crippen LogP contribution in [0.5, 0.6) is 11.5 Å². The van der Waals surface area contributed by atoms with Gasteiger partial charge in [0.1, 0.15) is 0 Å². The van der Waals surface area contributed by atoms with Crippen LogP contribution < -0.4 is 0 Å². The van der Waals surface area contributed by atoms with Crippen molar-refractivity contribution >= 4 is 11.8 Å². The molecule has 0 radical (unpaired) electrons. The Morgan fingerprint density at radius 1 is 1.13 bits per heavy atom. The summed E-state index contributed by atoms with van der Waals surface area (Å²) in [4.78, 5) is 21.0. The number of carbonyl (C=O) groups is 2. The van der Waals surface area contributed by atoms with E-state index in [2.05, 4.69) is 0 Å². The van der Waals surface area contributed by atoms with Gasteiger partial charge in [-0.25, -0.2) is 4.79 Å². The molecular weight excluding hydrogens is 200 g/mol. The lowest BCUT2D eigenvalue weighted by Crippen LogP contribution is -2.12. The molecule has 0 aliphatic rings. The molecule has 0 aliphatic heterocycles. The summed E-state index contributed by atoms with van der Waals surface area (Å²) in [5.74, 6) is -2.86. The van der Waals surface area contributed by atoms with Gasteiger partial charge in [-0.2, -0.15) is 0 Å². The number of ketones is 1. The number of phenolic OH excluding ortho intramolecular Hbond substituents is 2. The molecule has 80 valence electrons. The zero-order valence-corrected chi connectivity index (χ0v) is 7.80. The second-order valence-corrected chi connectivity index (χ2v) is 3.05. The number of hydrogen-bond donors (Lipinski definition) is 3. The van der Waals surface area contributed by atoms with Crippen molar-refractivity contribution in [2.45, 2.75) is 12.8 Å². The smallest absolute Gasteiger partial charge is 0.372 e. The molecule has 1 rings (SSSR count). The normalized spacial score (nSPS) is 9.87. The highest BCUT2D eigenvalue weighted by molar-refractivity contribution is 6.32. The van der Waals surface area contributed by atoms with Gasteiger partial charge >= 0.3 is 5.97 Å². The molecule has 5 nitrogen and oxygen atoms in total. The minimum Gasteiger partial charge on any atom is -0.504 e. The van der Waals surface area contributed by atoms with E-state index >= 15 is 0 Å². The van der Waals surface area contributed by atoms with E-state index < -0.39 is 11.8 Å². The van der Waals surface area contributed by atoms with Crippen LogP contribution in [0.1, 0.15) is 12.0 Å². The van der Waals surface area contributed by atoms with Crippen molar-refractivity contribution in [3.8, 4) is 11.5 Å². The van der Waals surface area contributed by atoms with E-state index in [0.717, 1.165) is 0 Å². The van der Waals surface area contributed by atoms with Gasteiger partial charge in [-0.05, 0) is 24.1 Å². The molecule has 1 aromatic carbocycles. The van der Waals surface area contributed by atoms with Gasteiger partial charge in [-0.15, -0.1) is 0 Å². The first kappa shape index (κ1) is 11.0. The molecule has 0 aliphatic carbocycles. The van der Waals surface area contributed by atoms with Crippen molar-refractivity contribution in [3.63, 3.8) is 0 Å². The minimum absolute atomic E-state index is 0.125. The van der Waals surface area contributed by atoms with Gasteiger partial charge in [0.2, 0.25) is 5.78 Å². The third-order valence-electron chi connectivity index (χ3n) is 1.92. The molecule has 15 heavy (non-hydrogen) atoms. The maximum Gasteiger partial charge on any atom is 0.372 e. The van der Waals surface area contributed by atoms with E-state index in [1.165, 1.54) is 18.2 Å².